The predicted octanol–water partition coefficient (Wildman–Crippen LogP) is 3.10. The number of alkyl halides is 3. The lowest BCUT2D eigenvalue weighted by atomic mass is 10.0. The van der Waals surface area contributed by atoms with E-state index in [9.17, 15) is 13.2 Å². The first-order valence-corrected chi connectivity index (χ1v) is 4.76. The van der Waals surface area contributed by atoms with E-state index in [0.29, 0.717) is 5.69 Å². The molecule has 0 saturated heterocycles. The summed E-state index contributed by atoms with van der Waals surface area (Å²) in [5.41, 5.74) is -0.378. The van der Waals surface area contributed by atoms with Crippen molar-refractivity contribution in [3.8, 4) is 17.0 Å². The van der Waals surface area contributed by atoms with Crippen molar-refractivity contribution < 1.29 is 17.9 Å². The monoisotopic (exact) mass is 242 g/mol. The summed E-state index contributed by atoms with van der Waals surface area (Å²) in [4.78, 5) is 6.36. The summed E-state index contributed by atoms with van der Waals surface area (Å²) >= 11 is 0. The van der Waals surface area contributed by atoms with E-state index in [1.54, 1.807) is 0 Å². The zero-order valence-electron chi connectivity index (χ0n) is 8.88. The van der Waals surface area contributed by atoms with E-state index in [0.717, 1.165) is 6.07 Å². The smallest absolute Gasteiger partial charge is 0.417 e. The second-order valence-corrected chi connectivity index (χ2v) is 3.37. The maximum Gasteiger partial charge on any atom is 0.417 e. The molecule has 6 heteroatoms. The number of benzene rings is 1. The highest BCUT2D eigenvalue weighted by atomic mass is 19.4. The maximum atomic E-state index is 12.9. The van der Waals surface area contributed by atoms with Gasteiger partial charge in [0.1, 0.15) is 5.75 Å². The summed E-state index contributed by atoms with van der Waals surface area (Å²) in [6.07, 6.45) is -1.76. The number of aromatic amines is 1. The van der Waals surface area contributed by atoms with Gasteiger partial charge in [-0.1, -0.05) is 0 Å². The fourth-order valence-corrected chi connectivity index (χ4v) is 1.52. The van der Waals surface area contributed by atoms with Gasteiger partial charge in [-0.05, 0) is 18.2 Å². The average molecular weight is 242 g/mol. The van der Waals surface area contributed by atoms with Crippen molar-refractivity contribution in [3.05, 3.63) is 36.3 Å². The fraction of sp³-hybridized carbons (Fsp3) is 0.182. The van der Waals surface area contributed by atoms with Crippen molar-refractivity contribution in [2.75, 3.05) is 7.11 Å². The zero-order valence-corrected chi connectivity index (χ0v) is 8.88. The number of halogens is 3. The van der Waals surface area contributed by atoms with Gasteiger partial charge in [0.25, 0.3) is 0 Å². The van der Waals surface area contributed by atoms with Crippen LogP contribution < -0.4 is 4.74 Å². The van der Waals surface area contributed by atoms with Crippen LogP contribution in [0.5, 0.6) is 5.75 Å². The first kappa shape index (κ1) is 11.5. The third-order valence-electron chi connectivity index (χ3n) is 2.32. The molecule has 0 saturated carbocycles. The van der Waals surface area contributed by atoms with Crippen LogP contribution in [0.2, 0.25) is 0 Å². The van der Waals surface area contributed by atoms with E-state index in [-0.39, 0.29) is 11.3 Å². The molecular formula is C11H9F3N2O. The van der Waals surface area contributed by atoms with E-state index < -0.39 is 11.7 Å². The molecule has 90 valence electrons. The van der Waals surface area contributed by atoms with Crippen LogP contribution in [0.4, 0.5) is 13.2 Å². The van der Waals surface area contributed by atoms with Gasteiger partial charge in [0, 0.05) is 5.56 Å². The lowest BCUT2D eigenvalue weighted by Gasteiger charge is -2.13. The normalized spacial score (nSPS) is 11.5. The van der Waals surface area contributed by atoms with Crippen LogP contribution in [0, 0.1) is 0 Å². The molecule has 0 unspecified atom stereocenters. The van der Waals surface area contributed by atoms with Crippen molar-refractivity contribution in [3.63, 3.8) is 0 Å². The largest absolute Gasteiger partial charge is 0.497 e. The number of rotatable bonds is 2. The van der Waals surface area contributed by atoms with E-state index in [1.807, 2.05) is 0 Å². The number of nitrogens with one attached hydrogen (secondary N) is 1. The molecule has 17 heavy (non-hydrogen) atoms. The molecule has 0 spiro atoms. The first-order chi connectivity index (χ1) is 8.02. The Morgan fingerprint density at radius 3 is 2.59 bits per heavy atom. The Morgan fingerprint density at radius 1 is 1.29 bits per heavy atom. The van der Waals surface area contributed by atoms with Crippen LogP contribution in [0.15, 0.2) is 30.7 Å². The van der Waals surface area contributed by atoms with E-state index in [1.165, 1.54) is 31.8 Å². The third-order valence-corrected chi connectivity index (χ3v) is 2.32. The Hall–Kier alpha value is -1.98. The number of H-pyrrole nitrogens is 1. The molecular weight excluding hydrogens is 233 g/mol. The van der Waals surface area contributed by atoms with Crippen LogP contribution in [-0.4, -0.2) is 17.1 Å². The Labute approximate surface area is 95.3 Å². The Bertz CT molecular complexity index is 506. The average Bonchev–Trinajstić information content (AvgIpc) is 2.80. The maximum absolute atomic E-state index is 12.9. The highest BCUT2D eigenvalue weighted by molar-refractivity contribution is 5.65. The van der Waals surface area contributed by atoms with Gasteiger partial charge in [-0.25, -0.2) is 4.98 Å². The van der Waals surface area contributed by atoms with Gasteiger partial charge in [-0.3, -0.25) is 0 Å². The van der Waals surface area contributed by atoms with Crippen LogP contribution in [0.3, 0.4) is 0 Å². The van der Waals surface area contributed by atoms with Gasteiger partial charge in [-0.2, -0.15) is 13.2 Å². The van der Waals surface area contributed by atoms with Gasteiger partial charge in [0.05, 0.1) is 30.9 Å². The molecule has 0 aliphatic rings. The van der Waals surface area contributed by atoms with Crippen molar-refractivity contribution in [1.82, 2.24) is 9.97 Å². The lowest BCUT2D eigenvalue weighted by Crippen LogP contribution is -2.07. The molecule has 0 aliphatic heterocycles. The summed E-state index contributed by atoms with van der Waals surface area (Å²) in [6, 6.07) is 3.80. The van der Waals surface area contributed by atoms with Gasteiger partial charge in [-0.15, -0.1) is 0 Å². The third kappa shape index (κ3) is 2.25. The Morgan fingerprint density at radius 2 is 2.06 bits per heavy atom. The van der Waals surface area contributed by atoms with Gasteiger partial charge < -0.3 is 9.72 Å². The standard InChI is InChI=1S/C11H9F3N2O/c1-17-7-2-3-8(10-5-15-6-16-10)9(4-7)11(12,13)14/h2-6H,1H3,(H,15,16). The second-order valence-electron chi connectivity index (χ2n) is 3.37. The minimum Gasteiger partial charge on any atom is -0.497 e. The first-order valence-electron chi connectivity index (χ1n) is 4.76. The van der Waals surface area contributed by atoms with E-state index in [2.05, 4.69) is 9.97 Å². The van der Waals surface area contributed by atoms with Crippen LogP contribution in [-0.2, 0) is 6.18 Å². The summed E-state index contributed by atoms with van der Waals surface area (Å²) in [5.74, 6) is 0.167. The number of hydrogen-bond donors (Lipinski definition) is 1. The highest BCUT2D eigenvalue weighted by Gasteiger charge is 2.34. The summed E-state index contributed by atoms with van der Waals surface area (Å²) in [6.45, 7) is 0. The van der Waals surface area contributed by atoms with Gasteiger partial charge in [0.2, 0.25) is 0 Å². The molecule has 3 nitrogen and oxygen atoms in total. The molecule has 2 aromatic rings. The minimum absolute atomic E-state index is 0.0517. The molecule has 1 N–H and O–H groups in total. The quantitative estimate of drug-likeness (QED) is 0.878. The molecule has 0 fully saturated rings. The summed E-state index contributed by atoms with van der Waals surface area (Å²) < 4.78 is 43.4. The SMILES string of the molecule is COc1ccc(-c2cnc[nH]2)c(C(F)(F)F)c1. The van der Waals surface area contributed by atoms with Gasteiger partial charge >= 0.3 is 6.18 Å². The molecule has 1 heterocycles. The Kier molecular flexibility index (Phi) is 2.79. The van der Waals surface area contributed by atoms with Crippen molar-refractivity contribution >= 4 is 0 Å². The predicted molar refractivity (Wildman–Crippen MR) is 55.6 cm³/mol. The number of hydrogen-bond acceptors (Lipinski definition) is 2. The van der Waals surface area contributed by atoms with E-state index >= 15 is 0 Å². The number of nitrogens with zero attached hydrogens (tertiary/aromatic N) is 1. The topological polar surface area (TPSA) is 37.9 Å². The summed E-state index contributed by atoms with van der Waals surface area (Å²) in [7, 11) is 1.32. The molecule has 0 radical (unpaired) electrons. The number of methoxy groups -OCH3 is 1. The Balaban J connectivity index is 2.59. The number of ether oxygens (including phenoxy) is 1. The molecule has 2 rings (SSSR count). The highest BCUT2D eigenvalue weighted by Crippen LogP contribution is 2.38. The molecule has 0 atom stereocenters. The molecule has 0 bridgehead atoms. The minimum atomic E-state index is -4.44. The van der Waals surface area contributed by atoms with Gasteiger partial charge in [0.15, 0.2) is 0 Å². The number of aromatic nitrogens is 2. The second kappa shape index (κ2) is 4.12. The summed E-state index contributed by atoms with van der Waals surface area (Å²) in [5, 5.41) is 0. The number of imidazole rings is 1. The van der Waals surface area contributed by atoms with Crippen molar-refractivity contribution in [1.29, 1.82) is 0 Å². The lowest BCUT2D eigenvalue weighted by molar-refractivity contribution is -0.137. The fourth-order valence-electron chi connectivity index (χ4n) is 1.52. The van der Waals surface area contributed by atoms with E-state index in [4.69, 9.17) is 4.74 Å². The molecule has 1 aromatic carbocycles. The van der Waals surface area contributed by atoms with Crippen molar-refractivity contribution in [2.45, 2.75) is 6.18 Å². The zero-order chi connectivity index (χ0) is 12.5. The van der Waals surface area contributed by atoms with Crippen molar-refractivity contribution in [2.24, 2.45) is 0 Å². The molecule has 1 aromatic heterocycles. The molecule has 0 amide bonds. The van der Waals surface area contributed by atoms with Crippen LogP contribution in [0.25, 0.3) is 11.3 Å². The van der Waals surface area contributed by atoms with Crippen LogP contribution in [0.1, 0.15) is 5.56 Å². The molecule has 0 aliphatic carbocycles. The van der Waals surface area contributed by atoms with Crippen LogP contribution >= 0.6 is 0 Å².